The Balaban J connectivity index is 3.13. The number of rotatable bonds is 0. The van der Waals surface area contributed by atoms with Crippen LogP contribution >= 0.6 is 23.3 Å². The van der Waals surface area contributed by atoms with Gasteiger partial charge in [-0.15, -0.1) is 7.87 Å². The van der Waals surface area contributed by atoms with Gasteiger partial charge >= 0.3 is 0 Å². The lowest BCUT2D eigenvalue weighted by atomic mass is 11.2. The predicted molar refractivity (Wildman–Crippen MR) is 29.8 cm³/mol. The smallest absolute Gasteiger partial charge is 0.0232 e. The van der Waals surface area contributed by atoms with Crippen LogP contribution in [0.1, 0.15) is 0 Å². The molecule has 0 aliphatic rings. The van der Waals surface area contributed by atoms with E-state index in [0.29, 0.717) is 0 Å². The van der Waals surface area contributed by atoms with Crippen molar-refractivity contribution < 1.29 is 0 Å². The number of hydrogen-bond donors (Lipinski definition) is 0. The second kappa shape index (κ2) is 1.93. The van der Waals surface area contributed by atoms with Gasteiger partial charge < -0.3 is 0 Å². The molecule has 0 aliphatic heterocycles. The second-order valence-electron chi connectivity index (χ2n) is 0.603. The average Bonchev–Trinajstić information content (AvgIpc) is 1.76. The van der Waals surface area contributed by atoms with Crippen LogP contribution < -0.4 is 0 Å². The molecule has 1 aromatic heterocycles. The summed E-state index contributed by atoms with van der Waals surface area (Å²) in [6.07, 6.45) is 0. The first-order valence-electron chi connectivity index (χ1n) is 1.22. The molecular weight excluding hydrogens is 117 g/mol. The van der Waals surface area contributed by atoms with Gasteiger partial charge in [0.05, 0.1) is 0 Å². The van der Waals surface area contributed by atoms with E-state index in [9.17, 15) is 0 Å². The third kappa shape index (κ3) is 1.02. The molecule has 0 amide bonds. The predicted octanol–water partition coefficient (Wildman–Crippen LogP) is 2.68. The molecule has 0 spiro atoms. The summed E-state index contributed by atoms with van der Waals surface area (Å²) in [6, 6.07) is 0. The van der Waals surface area contributed by atoms with E-state index in [1.54, 1.807) is 0 Å². The molecule has 1 unspecified atom stereocenters. The Morgan fingerprint density at radius 3 is 3.00 bits per heavy atom. The highest BCUT2D eigenvalue weighted by molar-refractivity contribution is 8.16. The fourth-order valence-corrected chi connectivity index (χ4v) is 3.90. The third-order valence-electron chi connectivity index (χ3n) is 0.295. The molecule has 0 saturated heterocycles. The highest BCUT2D eigenvalue weighted by atomic mass is 32.1. The van der Waals surface area contributed by atoms with Crippen LogP contribution in [0.15, 0.2) is 5.80 Å². The van der Waals surface area contributed by atoms with E-state index in [1.807, 2.05) is 0 Å². The molecule has 0 N–H and O–H groups in total. The normalized spacial score (nSPS) is 12.8. The Kier molecular flexibility index (Phi) is 1.48. The summed E-state index contributed by atoms with van der Waals surface area (Å²) >= 11 is 0. The summed E-state index contributed by atoms with van der Waals surface area (Å²) in [5.41, 5.74) is 0. The minimum Gasteiger partial charge on any atom is -0.105 e. The van der Waals surface area contributed by atoms with Gasteiger partial charge in [-0.3, -0.25) is 0 Å². The van der Waals surface area contributed by atoms with Crippen molar-refractivity contribution in [2.75, 3.05) is 0 Å². The van der Waals surface area contributed by atoms with Gasteiger partial charge in [0.25, 0.3) is 0 Å². The SMILES string of the molecule is [c]1c[pH]pp1. The summed E-state index contributed by atoms with van der Waals surface area (Å²) < 4.78 is 0. The van der Waals surface area contributed by atoms with E-state index in [1.165, 1.54) is 15.4 Å². The van der Waals surface area contributed by atoms with Crippen molar-refractivity contribution in [2.45, 2.75) is 0 Å². The second-order valence-corrected chi connectivity index (χ2v) is 5.58. The van der Waals surface area contributed by atoms with Gasteiger partial charge in [0.15, 0.2) is 0 Å². The molecule has 5 heavy (non-hydrogen) atoms. The van der Waals surface area contributed by atoms with Crippen LogP contribution in [-0.4, -0.2) is 0 Å². The zero-order valence-electron chi connectivity index (χ0n) is 2.47. The maximum absolute atomic E-state index is 3.07. The quantitative estimate of drug-likeness (QED) is 0.492. The van der Waals surface area contributed by atoms with E-state index >= 15 is 0 Å². The Hall–Kier alpha value is 0.640. The van der Waals surface area contributed by atoms with Crippen molar-refractivity contribution in [1.29, 1.82) is 0 Å². The maximum atomic E-state index is 3.07. The van der Waals surface area contributed by atoms with E-state index in [0.717, 1.165) is 7.87 Å². The van der Waals surface area contributed by atoms with Crippen molar-refractivity contribution in [3.8, 4) is 0 Å². The van der Waals surface area contributed by atoms with Crippen LogP contribution in [0.25, 0.3) is 0 Å². The molecule has 1 aromatic rings. The topological polar surface area (TPSA) is 0 Å². The van der Waals surface area contributed by atoms with Crippen LogP contribution in [0.5, 0.6) is 0 Å². The van der Waals surface area contributed by atoms with Crippen molar-refractivity contribution in [1.82, 2.24) is 0 Å². The summed E-state index contributed by atoms with van der Waals surface area (Å²) in [4.78, 5) is 0. The van der Waals surface area contributed by atoms with Gasteiger partial charge in [0, 0.05) is 5.80 Å². The summed E-state index contributed by atoms with van der Waals surface area (Å²) in [5, 5.41) is 0. The molecule has 0 nitrogen and oxygen atoms in total. The van der Waals surface area contributed by atoms with Gasteiger partial charge in [-0.2, -0.15) is 0 Å². The van der Waals surface area contributed by atoms with E-state index in [-0.39, 0.29) is 0 Å². The highest BCUT2D eigenvalue weighted by Gasteiger charge is 1.60. The van der Waals surface area contributed by atoms with Crippen LogP contribution in [0.3, 0.4) is 0 Å². The lowest BCUT2D eigenvalue weighted by Gasteiger charge is -1.38. The van der Waals surface area contributed by atoms with Crippen molar-refractivity contribution in [2.24, 2.45) is 0 Å². The standard InChI is InChI=1S/C2H2P3/c1-2-4-5-3-1/h1,3H. The van der Waals surface area contributed by atoms with E-state index in [2.05, 4.69) is 11.6 Å². The van der Waals surface area contributed by atoms with Crippen LogP contribution in [0, 0.1) is 5.80 Å². The molecule has 0 saturated carbocycles. The molecule has 0 fully saturated rings. The molecular formula is C2H2P3. The third-order valence-corrected chi connectivity index (χ3v) is 4.59. The van der Waals surface area contributed by atoms with Crippen LogP contribution in [-0.2, 0) is 0 Å². The Bertz CT molecular complexity index is 61.4. The molecule has 1 atom stereocenters. The molecule has 25 valence electrons. The molecule has 1 heterocycles. The summed E-state index contributed by atoms with van der Waals surface area (Å²) in [5.74, 6) is 5.18. The molecule has 1 radical (unpaired) electrons. The largest absolute Gasteiger partial charge is 0.105 e. The lowest BCUT2D eigenvalue weighted by Crippen LogP contribution is -1.05. The zero-order valence-corrected chi connectivity index (χ0v) is 5.26. The molecule has 0 aromatic carbocycles. The zero-order chi connectivity index (χ0) is 3.54. The minimum absolute atomic E-state index is 1.03. The Morgan fingerprint density at radius 2 is 2.80 bits per heavy atom. The minimum atomic E-state index is 1.03. The first kappa shape index (κ1) is 3.82. The molecule has 1 rings (SSSR count). The van der Waals surface area contributed by atoms with E-state index < -0.39 is 0 Å². The van der Waals surface area contributed by atoms with E-state index in [4.69, 9.17) is 0 Å². The average molecular weight is 119 g/mol. The van der Waals surface area contributed by atoms with Crippen LogP contribution in [0.2, 0.25) is 0 Å². The maximum Gasteiger partial charge on any atom is 0.0232 e. The first-order chi connectivity index (χ1) is 2.50. The van der Waals surface area contributed by atoms with Crippen LogP contribution in [0.4, 0.5) is 0 Å². The fraction of sp³-hybridized carbons (Fsp3) is 0. The molecule has 0 aliphatic carbocycles. The van der Waals surface area contributed by atoms with Crippen molar-refractivity contribution in [3.63, 3.8) is 0 Å². The van der Waals surface area contributed by atoms with Gasteiger partial charge in [-0.25, -0.2) is 0 Å². The highest BCUT2D eigenvalue weighted by Crippen LogP contribution is 2.29. The Morgan fingerprint density at radius 1 is 1.80 bits per heavy atom. The first-order valence-corrected chi connectivity index (χ1v) is 5.64. The van der Waals surface area contributed by atoms with Gasteiger partial charge in [-0.1, -0.05) is 0 Å². The summed E-state index contributed by atoms with van der Waals surface area (Å²) in [6.45, 7) is 0. The molecule has 0 bridgehead atoms. The Labute approximate surface area is 35.7 Å². The number of hydrogen-bond acceptors (Lipinski definition) is 0. The van der Waals surface area contributed by atoms with Gasteiger partial charge in [-0.05, 0) is 21.2 Å². The van der Waals surface area contributed by atoms with Gasteiger partial charge in [0.2, 0.25) is 0 Å². The summed E-state index contributed by atoms with van der Waals surface area (Å²) in [7, 11) is 3.93. The van der Waals surface area contributed by atoms with Crippen molar-refractivity contribution in [3.05, 3.63) is 11.6 Å². The van der Waals surface area contributed by atoms with Crippen molar-refractivity contribution >= 4 is 23.3 Å². The van der Waals surface area contributed by atoms with Gasteiger partial charge in [0.1, 0.15) is 0 Å². The fourth-order valence-electron chi connectivity index (χ4n) is 0.144. The lowest BCUT2D eigenvalue weighted by molar-refractivity contribution is 2.33. The molecule has 3 heteroatoms. The monoisotopic (exact) mass is 119 g/mol.